The molecule has 4 heterocycles. The van der Waals surface area contributed by atoms with Crippen LogP contribution in [0.5, 0.6) is 5.88 Å². The molecule has 2 aliphatic rings. The van der Waals surface area contributed by atoms with E-state index in [0.29, 0.717) is 6.54 Å². The maximum absolute atomic E-state index is 10.3. The maximum Gasteiger partial charge on any atom is 0.238 e. The van der Waals surface area contributed by atoms with E-state index in [1.165, 1.54) is 11.1 Å². The molecule has 126 valence electrons. The highest BCUT2D eigenvalue weighted by Gasteiger charge is 2.65. The van der Waals surface area contributed by atoms with Crippen molar-refractivity contribution in [2.75, 3.05) is 11.4 Å². The first kappa shape index (κ1) is 13.9. The fraction of sp³-hybridized carbons (Fsp3) is 0.143. The quantitative estimate of drug-likeness (QED) is 0.582. The Bertz CT molecular complexity index is 1170. The Kier molecular flexibility index (Phi) is 2.48. The van der Waals surface area contributed by atoms with Crippen molar-refractivity contribution in [2.45, 2.75) is 12.1 Å². The van der Waals surface area contributed by atoms with Crippen molar-refractivity contribution in [2.24, 2.45) is 0 Å². The summed E-state index contributed by atoms with van der Waals surface area (Å²) >= 11 is 0. The van der Waals surface area contributed by atoms with Crippen molar-refractivity contribution in [1.29, 1.82) is 0 Å². The molecule has 26 heavy (non-hydrogen) atoms. The van der Waals surface area contributed by atoms with Gasteiger partial charge in [0.05, 0.1) is 24.0 Å². The lowest BCUT2D eigenvalue weighted by atomic mass is 9.87. The number of nitrogens with zero attached hydrogens (tertiary/aromatic N) is 4. The SMILES string of the molecule is Oc1nn(Cc2ccccc2)c2cc([C@@]34CN3c3ncccc34)ccc12. The molecule has 0 bridgehead atoms. The molecule has 2 aromatic carbocycles. The summed E-state index contributed by atoms with van der Waals surface area (Å²) in [6, 6.07) is 20.6. The smallest absolute Gasteiger partial charge is 0.238 e. The number of fused-ring (bicyclic) bond motifs is 5. The van der Waals surface area contributed by atoms with Crippen LogP contribution in [0.15, 0.2) is 66.9 Å². The average Bonchev–Trinajstić information content (AvgIpc) is 3.26. The molecule has 4 aromatic rings. The van der Waals surface area contributed by atoms with Gasteiger partial charge in [0, 0.05) is 11.8 Å². The second-order valence-corrected chi connectivity index (χ2v) is 7.02. The van der Waals surface area contributed by atoms with Crippen LogP contribution in [0.4, 0.5) is 5.82 Å². The second kappa shape index (κ2) is 4.64. The van der Waals surface area contributed by atoms with Crippen LogP contribution in [0.2, 0.25) is 0 Å². The molecule has 2 aromatic heterocycles. The summed E-state index contributed by atoms with van der Waals surface area (Å²) < 4.78 is 1.88. The minimum atomic E-state index is -0.0325. The van der Waals surface area contributed by atoms with Gasteiger partial charge in [0.15, 0.2) is 0 Å². The predicted molar refractivity (Wildman–Crippen MR) is 99.3 cm³/mol. The normalized spacial score (nSPS) is 19.8. The highest BCUT2D eigenvalue weighted by Crippen LogP contribution is 2.62. The zero-order valence-corrected chi connectivity index (χ0v) is 14.0. The van der Waals surface area contributed by atoms with Gasteiger partial charge in [-0.05, 0) is 29.3 Å². The Morgan fingerprint density at radius 2 is 1.92 bits per heavy atom. The fourth-order valence-corrected chi connectivity index (χ4v) is 4.25. The van der Waals surface area contributed by atoms with Crippen LogP contribution in [0, 0.1) is 0 Å². The number of rotatable bonds is 3. The lowest BCUT2D eigenvalue weighted by Crippen LogP contribution is -2.29. The lowest BCUT2D eigenvalue weighted by Gasteiger charge is -2.30. The van der Waals surface area contributed by atoms with Gasteiger partial charge in [-0.3, -0.25) is 4.68 Å². The van der Waals surface area contributed by atoms with E-state index in [9.17, 15) is 5.11 Å². The van der Waals surface area contributed by atoms with Crippen molar-refractivity contribution >= 4 is 16.7 Å². The monoisotopic (exact) mass is 340 g/mol. The van der Waals surface area contributed by atoms with Crippen LogP contribution in [0.3, 0.4) is 0 Å². The highest BCUT2D eigenvalue weighted by molar-refractivity contribution is 5.88. The van der Waals surface area contributed by atoms with E-state index in [1.807, 2.05) is 41.2 Å². The number of aromatic nitrogens is 3. The van der Waals surface area contributed by atoms with Crippen molar-refractivity contribution in [3.63, 3.8) is 0 Å². The molecule has 6 rings (SSSR count). The summed E-state index contributed by atoms with van der Waals surface area (Å²) in [5.74, 6) is 1.18. The van der Waals surface area contributed by atoms with E-state index in [2.05, 4.69) is 45.3 Å². The summed E-state index contributed by atoms with van der Waals surface area (Å²) in [6.07, 6.45) is 1.84. The second-order valence-electron chi connectivity index (χ2n) is 7.02. The Morgan fingerprint density at radius 3 is 2.81 bits per heavy atom. The van der Waals surface area contributed by atoms with Gasteiger partial charge in [-0.2, -0.15) is 0 Å². The standard InChI is InChI=1S/C21H16N4O/c26-20-16-9-8-15(21-13-24(21)19-17(21)7-4-10-22-19)11-18(16)25(23-20)12-14-5-2-1-3-6-14/h1-11H,12-13H2,(H,23,26)/t21-,24?/m1/s1. The van der Waals surface area contributed by atoms with Gasteiger partial charge < -0.3 is 10.0 Å². The zero-order valence-electron chi connectivity index (χ0n) is 14.0. The first-order valence-corrected chi connectivity index (χ1v) is 8.74. The molecule has 0 saturated carbocycles. The van der Waals surface area contributed by atoms with Crippen LogP contribution in [0.25, 0.3) is 10.9 Å². The number of pyridine rings is 1. The van der Waals surface area contributed by atoms with Gasteiger partial charge in [-0.1, -0.05) is 42.5 Å². The summed E-state index contributed by atoms with van der Waals surface area (Å²) in [7, 11) is 0. The van der Waals surface area contributed by atoms with Crippen LogP contribution in [-0.4, -0.2) is 26.4 Å². The molecular formula is C21H16N4O. The summed E-state index contributed by atoms with van der Waals surface area (Å²) in [5.41, 5.74) is 4.61. The Hall–Kier alpha value is -3.34. The third-order valence-corrected chi connectivity index (χ3v) is 5.62. The van der Waals surface area contributed by atoms with Gasteiger partial charge >= 0.3 is 0 Å². The van der Waals surface area contributed by atoms with Gasteiger partial charge in [-0.25, -0.2) is 4.98 Å². The summed E-state index contributed by atoms with van der Waals surface area (Å²) in [6.45, 7) is 1.61. The van der Waals surface area contributed by atoms with Crippen LogP contribution >= 0.6 is 0 Å². The zero-order chi connectivity index (χ0) is 17.3. The van der Waals surface area contributed by atoms with Crippen molar-refractivity contribution in [1.82, 2.24) is 14.8 Å². The fourth-order valence-electron chi connectivity index (χ4n) is 4.25. The van der Waals surface area contributed by atoms with E-state index in [4.69, 9.17) is 0 Å². The van der Waals surface area contributed by atoms with Crippen LogP contribution < -0.4 is 4.90 Å². The minimum Gasteiger partial charge on any atom is -0.492 e. The minimum absolute atomic E-state index is 0.0325. The molecule has 1 atom stereocenters. The van der Waals surface area contributed by atoms with E-state index < -0.39 is 0 Å². The van der Waals surface area contributed by atoms with Crippen LogP contribution in [0.1, 0.15) is 16.7 Å². The van der Waals surface area contributed by atoms with E-state index in [1.54, 1.807) is 0 Å². The van der Waals surface area contributed by atoms with E-state index >= 15 is 0 Å². The van der Waals surface area contributed by atoms with Crippen molar-refractivity contribution in [3.8, 4) is 5.88 Å². The topological polar surface area (TPSA) is 54.0 Å². The molecule has 0 radical (unpaired) electrons. The van der Waals surface area contributed by atoms with Crippen molar-refractivity contribution < 1.29 is 5.11 Å². The maximum atomic E-state index is 10.3. The van der Waals surface area contributed by atoms with Gasteiger partial charge in [0.25, 0.3) is 0 Å². The lowest BCUT2D eigenvalue weighted by molar-refractivity contribution is 0.446. The molecule has 0 spiro atoms. The first-order valence-electron chi connectivity index (χ1n) is 8.74. The van der Waals surface area contributed by atoms with Gasteiger partial charge in [-0.15, -0.1) is 5.10 Å². The summed E-state index contributed by atoms with van der Waals surface area (Å²) in [5, 5.41) is 15.4. The van der Waals surface area contributed by atoms with Gasteiger partial charge in [0.2, 0.25) is 5.88 Å². The molecule has 1 saturated heterocycles. The molecule has 5 heteroatoms. The number of hydrogen-bond acceptors (Lipinski definition) is 4. The Morgan fingerprint density at radius 1 is 1.04 bits per heavy atom. The molecule has 0 aliphatic carbocycles. The summed E-state index contributed by atoms with van der Waals surface area (Å²) in [4.78, 5) is 6.79. The first-order chi connectivity index (χ1) is 12.8. The van der Waals surface area contributed by atoms with Crippen LogP contribution in [-0.2, 0) is 12.1 Å². The highest BCUT2D eigenvalue weighted by atomic mass is 16.3. The number of benzene rings is 2. The third-order valence-electron chi connectivity index (χ3n) is 5.62. The van der Waals surface area contributed by atoms with Gasteiger partial charge in [0.1, 0.15) is 11.4 Å². The molecular weight excluding hydrogens is 324 g/mol. The number of aromatic hydroxyl groups is 1. The van der Waals surface area contributed by atoms with Crippen molar-refractivity contribution in [3.05, 3.63) is 83.6 Å². The molecule has 2 aliphatic heterocycles. The molecule has 0 unspecified atom stereocenters. The molecule has 1 N–H and O–H groups in total. The Labute approximate surface area is 150 Å². The molecule has 5 nitrogen and oxygen atoms in total. The largest absolute Gasteiger partial charge is 0.492 e. The molecule has 0 amide bonds. The number of anilines is 1. The third kappa shape index (κ3) is 1.65. The van der Waals surface area contributed by atoms with E-state index in [-0.39, 0.29) is 11.4 Å². The predicted octanol–water partition coefficient (Wildman–Crippen LogP) is 3.26. The molecule has 1 fully saturated rings. The number of hydrogen-bond donors (Lipinski definition) is 1. The Balaban J connectivity index is 1.47. The average molecular weight is 340 g/mol. The van der Waals surface area contributed by atoms with E-state index in [0.717, 1.165) is 28.8 Å².